The van der Waals surface area contributed by atoms with Crippen molar-refractivity contribution < 1.29 is 24.3 Å². The molecule has 274 valence electrons. The van der Waals surface area contributed by atoms with E-state index in [1.54, 1.807) is 48.5 Å². The first-order valence-corrected chi connectivity index (χ1v) is 19.6. The van der Waals surface area contributed by atoms with E-state index in [1.807, 2.05) is 0 Å². The van der Waals surface area contributed by atoms with Crippen molar-refractivity contribution in [3.63, 3.8) is 0 Å². The van der Waals surface area contributed by atoms with Gasteiger partial charge in [-0.3, -0.25) is 4.79 Å². The third-order valence-electron chi connectivity index (χ3n) is 10.2. The highest BCUT2D eigenvalue weighted by Crippen LogP contribution is 2.34. The van der Waals surface area contributed by atoms with E-state index in [2.05, 4.69) is 34.7 Å². The monoisotopic (exact) mass is 694 g/mol. The van der Waals surface area contributed by atoms with Gasteiger partial charge in [0.05, 0.1) is 6.61 Å². The third-order valence-corrected chi connectivity index (χ3v) is 10.2. The minimum Gasteiger partial charge on any atom is -0.508 e. The van der Waals surface area contributed by atoms with Crippen LogP contribution in [0.4, 0.5) is 0 Å². The molecule has 2 heterocycles. The lowest BCUT2D eigenvalue weighted by Gasteiger charge is -2.23. The van der Waals surface area contributed by atoms with E-state index in [0.717, 1.165) is 61.3 Å². The van der Waals surface area contributed by atoms with Gasteiger partial charge in [0.15, 0.2) is 5.76 Å². The molecule has 7 nitrogen and oxygen atoms in total. The fourth-order valence-electron chi connectivity index (χ4n) is 7.11. The molecule has 51 heavy (non-hydrogen) atoms. The van der Waals surface area contributed by atoms with Gasteiger partial charge in [0.1, 0.15) is 28.7 Å². The van der Waals surface area contributed by atoms with Crippen molar-refractivity contribution in [2.24, 2.45) is 0 Å². The van der Waals surface area contributed by atoms with Crippen molar-refractivity contribution in [3.05, 3.63) is 83.9 Å². The lowest BCUT2D eigenvalue weighted by Crippen LogP contribution is -2.35. The van der Waals surface area contributed by atoms with Crippen molar-refractivity contribution in [2.45, 2.75) is 128 Å². The summed E-state index contributed by atoms with van der Waals surface area (Å²) in [5.74, 6) is 2.03. The number of aryl methyl sites for hydroxylation is 1. The van der Waals surface area contributed by atoms with Crippen molar-refractivity contribution in [1.29, 1.82) is 0 Å². The molecule has 1 aliphatic rings. The SMILES string of the molecule is O=C(CCCCCCCCCCCCCCc1ccc(OCCC2CCCCN2)cc1)Cc1c(-c2ccc(O)cc2)noc1-c1ccc(O)cc1. The van der Waals surface area contributed by atoms with Gasteiger partial charge in [0.25, 0.3) is 0 Å². The standard InChI is InChI=1S/C44H58N2O5/c47-38-24-20-35(21-25-38)43-42(44(51-46-43)36-22-26-39(48)27-23-36)33-40(49)17-12-10-8-6-4-2-1-3-5-7-9-11-15-34-18-28-41(29-19-34)50-32-30-37-16-13-14-31-45-37/h18-29,37,45,47-48H,1-17,30-33H2. The van der Waals surface area contributed by atoms with E-state index in [4.69, 9.17) is 9.26 Å². The second kappa shape index (κ2) is 21.3. The summed E-state index contributed by atoms with van der Waals surface area (Å²) in [6.45, 7) is 1.95. The van der Waals surface area contributed by atoms with Crippen LogP contribution in [0.1, 0.15) is 120 Å². The predicted octanol–water partition coefficient (Wildman–Crippen LogP) is 10.8. The molecule has 7 heteroatoms. The van der Waals surface area contributed by atoms with Crippen LogP contribution in [-0.2, 0) is 17.6 Å². The van der Waals surface area contributed by atoms with Gasteiger partial charge in [0.2, 0.25) is 0 Å². The molecule has 5 rings (SSSR count). The maximum atomic E-state index is 13.1. The summed E-state index contributed by atoms with van der Waals surface area (Å²) in [6.07, 6.45) is 21.8. The maximum Gasteiger partial charge on any atom is 0.171 e. The Morgan fingerprint density at radius 1 is 0.725 bits per heavy atom. The molecule has 1 fully saturated rings. The first kappa shape index (κ1) is 38.1. The van der Waals surface area contributed by atoms with Crippen molar-refractivity contribution >= 4 is 5.78 Å². The van der Waals surface area contributed by atoms with E-state index >= 15 is 0 Å². The zero-order valence-corrected chi connectivity index (χ0v) is 30.4. The van der Waals surface area contributed by atoms with Gasteiger partial charge in [-0.05, 0) is 111 Å². The molecular formula is C44H58N2O5. The molecule has 0 saturated carbocycles. The van der Waals surface area contributed by atoms with Crippen LogP contribution in [0.3, 0.4) is 0 Å². The number of ether oxygens (including phenoxy) is 1. The third kappa shape index (κ3) is 13.2. The number of nitrogens with zero attached hydrogens (tertiary/aromatic N) is 1. The number of phenolic OH excluding ortho intramolecular Hbond substituents is 2. The van der Waals surface area contributed by atoms with Gasteiger partial charge < -0.3 is 24.8 Å². The lowest BCUT2D eigenvalue weighted by molar-refractivity contribution is -0.118. The highest BCUT2D eigenvalue weighted by molar-refractivity contribution is 5.86. The number of piperidine rings is 1. The summed E-state index contributed by atoms with van der Waals surface area (Å²) in [6, 6.07) is 22.8. The molecule has 0 spiro atoms. The summed E-state index contributed by atoms with van der Waals surface area (Å²) >= 11 is 0. The predicted molar refractivity (Wildman–Crippen MR) is 205 cm³/mol. The molecule has 3 aromatic carbocycles. The number of rotatable bonds is 23. The lowest BCUT2D eigenvalue weighted by atomic mass is 9.96. The molecular weight excluding hydrogens is 636 g/mol. The molecule has 1 unspecified atom stereocenters. The number of benzene rings is 3. The summed E-state index contributed by atoms with van der Waals surface area (Å²) in [5, 5.41) is 27.3. The van der Waals surface area contributed by atoms with Crippen LogP contribution in [0.2, 0.25) is 0 Å². The molecule has 0 aliphatic carbocycles. The molecule has 0 radical (unpaired) electrons. The largest absolute Gasteiger partial charge is 0.508 e. The minimum absolute atomic E-state index is 0.165. The number of nitrogens with one attached hydrogen (secondary N) is 1. The van der Waals surface area contributed by atoms with Gasteiger partial charge >= 0.3 is 0 Å². The van der Waals surface area contributed by atoms with Crippen LogP contribution >= 0.6 is 0 Å². The number of Topliss-reactive ketones (excluding diaryl/α,β-unsaturated/α-hetero) is 1. The Labute approximate surface area is 304 Å². The molecule has 1 aliphatic heterocycles. The van der Waals surface area contributed by atoms with Crippen LogP contribution in [-0.4, -0.2) is 40.3 Å². The molecule has 4 aromatic rings. The number of carbonyl (C=O) groups is 1. The molecule has 0 bridgehead atoms. The molecule has 1 saturated heterocycles. The van der Waals surface area contributed by atoms with Crippen LogP contribution in [0.15, 0.2) is 77.3 Å². The number of ketones is 1. The van der Waals surface area contributed by atoms with Crippen LogP contribution in [0, 0.1) is 0 Å². The van der Waals surface area contributed by atoms with Gasteiger partial charge in [0, 0.05) is 35.6 Å². The second-order valence-corrected chi connectivity index (χ2v) is 14.3. The first-order valence-electron chi connectivity index (χ1n) is 19.6. The molecule has 1 aromatic heterocycles. The van der Waals surface area contributed by atoms with Crippen LogP contribution in [0.25, 0.3) is 22.6 Å². The molecule has 3 N–H and O–H groups in total. The Morgan fingerprint density at radius 2 is 1.31 bits per heavy atom. The average Bonchev–Trinajstić information content (AvgIpc) is 3.56. The molecule has 0 amide bonds. The summed E-state index contributed by atoms with van der Waals surface area (Å²) in [7, 11) is 0. The summed E-state index contributed by atoms with van der Waals surface area (Å²) in [4.78, 5) is 13.1. The number of phenols is 2. The Bertz CT molecular complexity index is 1490. The number of aromatic hydroxyl groups is 2. The van der Waals surface area contributed by atoms with Crippen molar-refractivity contribution in [3.8, 4) is 39.8 Å². The zero-order chi connectivity index (χ0) is 35.5. The summed E-state index contributed by atoms with van der Waals surface area (Å²) in [5.41, 5.74) is 4.30. The Hall–Kier alpha value is -4.10. The first-order chi connectivity index (χ1) is 25.0. The van der Waals surface area contributed by atoms with E-state index in [1.165, 1.54) is 89.0 Å². The zero-order valence-electron chi connectivity index (χ0n) is 30.4. The van der Waals surface area contributed by atoms with Gasteiger partial charge in [-0.25, -0.2) is 0 Å². The van der Waals surface area contributed by atoms with E-state index in [-0.39, 0.29) is 23.7 Å². The Kier molecular flexibility index (Phi) is 15.9. The maximum absolute atomic E-state index is 13.1. The second-order valence-electron chi connectivity index (χ2n) is 14.3. The average molecular weight is 695 g/mol. The Morgan fingerprint density at radius 3 is 1.92 bits per heavy atom. The van der Waals surface area contributed by atoms with E-state index < -0.39 is 0 Å². The topological polar surface area (TPSA) is 105 Å². The van der Waals surface area contributed by atoms with Crippen LogP contribution in [0.5, 0.6) is 17.2 Å². The number of hydrogen-bond acceptors (Lipinski definition) is 7. The van der Waals surface area contributed by atoms with Crippen molar-refractivity contribution in [2.75, 3.05) is 13.2 Å². The number of unbranched alkanes of at least 4 members (excludes halogenated alkanes) is 11. The highest BCUT2D eigenvalue weighted by atomic mass is 16.5. The smallest absolute Gasteiger partial charge is 0.171 e. The normalized spacial score (nSPS) is 14.5. The van der Waals surface area contributed by atoms with Gasteiger partial charge in [-0.15, -0.1) is 0 Å². The van der Waals surface area contributed by atoms with E-state index in [0.29, 0.717) is 23.9 Å². The molecule has 1 atom stereocenters. The minimum atomic E-state index is 0.165. The highest BCUT2D eigenvalue weighted by Gasteiger charge is 2.21. The van der Waals surface area contributed by atoms with Gasteiger partial charge in [-0.1, -0.05) is 87.9 Å². The number of aromatic nitrogens is 1. The summed E-state index contributed by atoms with van der Waals surface area (Å²) < 4.78 is 11.7. The van der Waals surface area contributed by atoms with E-state index in [9.17, 15) is 15.0 Å². The fraction of sp³-hybridized carbons (Fsp3) is 0.500. The number of hydrogen-bond donors (Lipinski definition) is 3. The Balaban J connectivity index is 0.874. The fourth-order valence-corrected chi connectivity index (χ4v) is 7.11. The number of carbonyl (C=O) groups excluding carboxylic acids is 1. The quantitative estimate of drug-likeness (QED) is 0.0664. The van der Waals surface area contributed by atoms with Crippen LogP contribution < -0.4 is 10.1 Å². The van der Waals surface area contributed by atoms with Gasteiger partial charge in [-0.2, -0.15) is 0 Å². The van der Waals surface area contributed by atoms with Crippen molar-refractivity contribution in [1.82, 2.24) is 10.5 Å².